The molecule has 5 nitrogen and oxygen atoms in total. The molecular formula is C26H21N3O2S. The predicted octanol–water partition coefficient (Wildman–Crippen LogP) is 5.62. The number of anilines is 1. The van der Waals surface area contributed by atoms with E-state index >= 15 is 0 Å². The molecule has 158 valence electrons. The molecule has 0 saturated carbocycles. The van der Waals surface area contributed by atoms with Gasteiger partial charge in [0.05, 0.1) is 5.56 Å². The van der Waals surface area contributed by atoms with Crippen LogP contribution >= 0.6 is 11.3 Å². The van der Waals surface area contributed by atoms with Gasteiger partial charge in [-0.1, -0.05) is 42.5 Å². The smallest absolute Gasteiger partial charge is 0.266 e. The maximum Gasteiger partial charge on any atom is 0.266 e. The quantitative estimate of drug-likeness (QED) is 0.399. The van der Waals surface area contributed by atoms with Gasteiger partial charge in [-0.2, -0.15) is 10.5 Å². The van der Waals surface area contributed by atoms with E-state index < -0.39 is 5.91 Å². The number of nitrogens with one attached hydrogen (secondary N) is 1. The number of rotatable bonds is 6. The summed E-state index contributed by atoms with van der Waals surface area (Å²) in [6, 6.07) is 21.3. The molecule has 32 heavy (non-hydrogen) atoms. The van der Waals surface area contributed by atoms with Crippen molar-refractivity contribution in [1.29, 1.82) is 10.5 Å². The van der Waals surface area contributed by atoms with E-state index in [1.807, 2.05) is 48.5 Å². The van der Waals surface area contributed by atoms with Crippen molar-refractivity contribution in [2.24, 2.45) is 0 Å². The number of hydrogen-bond donors (Lipinski definition) is 1. The van der Waals surface area contributed by atoms with Gasteiger partial charge in [0.1, 0.15) is 35.1 Å². The number of carbonyl (C=O) groups is 1. The zero-order valence-electron chi connectivity index (χ0n) is 17.4. The second kappa shape index (κ2) is 9.96. The number of amides is 1. The van der Waals surface area contributed by atoms with Gasteiger partial charge in [0.25, 0.3) is 5.91 Å². The van der Waals surface area contributed by atoms with Gasteiger partial charge in [-0.15, -0.1) is 11.3 Å². The van der Waals surface area contributed by atoms with Crippen molar-refractivity contribution in [2.75, 3.05) is 5.32 Å². The van der Waals surface area contributed by atoms with Crippen LogP contribution in [0.25, 0.3) is 6.08 Å². The van der Waals surface area contributed by atoms with Gasteiger partial charge >= 0.3 is 0 Å². The number of nitrogens with zero attached hydrogens (tertiary/aromatic N) is 2. The van der Waals surface area contributed by atoms with E-state index in [2.05, 4.69) is 11.4 Å². The van der Waals surface area contributed by atoms with Gasteiger partial charge < -0.3 is 10.1 Å². The first kappa shape index (κ1) is 21.4. The zero-order chi connectivity index (χ0) is 22.3. The number of aryl methyl sites for hydroxylation is 1. The van der Waals surface area contributed by atoms with E-state index in [0.29, 0.717) is 22.9 Å². The minimum atomic E-state index is -0.507. The third kappa shape index (κ3) is 4.88. The fourth-order valence-corrected chi connectivity index (χ4v) is 4.89. The van der Waals surface area contributed by atoms with Crippen molar-refractivity contribution in [1.82, 2.24) is 0 Å². The second-order valence-electron chi connectivity index (χ2n) is 7.49. The van der Waals surface area contributed by atoms with Crippen LogP contribution in [0.4, 0.5) is 5.00 Å². The van der Waals surface area contributed by atoms with Crippen molar-refractivity contribution in [3.05, 3.63) is 87.3 Å². The standard InChI is InChI=1S/C26H21N3O2S/c27-15-20(25(30)29-26-23(16-28)22-8-4-5-9-24(22)32-26)14-18-10-12-21(13-11-18)31-17-19-6-2-1-3-7-19/h1-3,6-7,10-14H,4-5,8-9,17H2,(H,29,30)/b20-14+. The molecule has 4 rings (SSSR count). The van der Waals surface area contributed by atoms with Crippen LogP contribution in [0.15, 0.2) is 60.2 Å². The van der Waals surface area contributed by atoms with E-state index in [-0.39, 0.29) is 5.57 Å². The number of carbonyl (C=O) groups excluding carboxylic acids is 1. The maximum absolute atomic E-state index is 12.7. The highest BCUT2D eigenvalue weighted by Crippen LogP contribution is 2.37. The summed E-state index contributed by atoms with van der Waals surface area (Å²) in [7, 11) is 0. The summed E-state index contributed by atoms with van der Waals surface area (Å²) in [5.74, 6) is 0.198. The Morgan fingerprint density at radius 3 is 2.53 bits per heavy atom. The average molecular weight is 440 g/mol. The van der Waals surface area contributed by atoms with Gasteiger partial charge in [0, 0.05) is 4.88 Å². The minimum absolute atomic E-state index is 0.0155. The topological polar surface area (TPSA) is 85.9 Å². The summed E-state index contributed by atoms with van der Waals surface area (Å²) in [5.41, 5.74) is 3.36. The summed E-state index contributed by atoms with van der Waals surface area (Å²) >= 11 is 1.45. The van der Waals surface area contributed by atoms with Crippen LogP contribution in [0.3, 0.4) is 0 Å². The van der Waals surface area contributed by atoms with Crippen LogP contribution in [-0.4, -0.2) is 5.91 Å². The third-order valence-corrected chi connectivity index (χ3v) is 6.52. The van der Waals surface area contributed by atoms with Crippen LogP contribution < -0.4 is 10.1 Å². The Kier molecular flexibility index (Phi) is 6.65. The zero-order valence-corrected chi connectivity index (χ0v) is 18.2. The molecular weight excluding hydrogens is 418 g/mol. The van der Waals surface area contributed by atoms with E-state index in [4.69, 9.17) is 4.74 Å². The summed E-state index contributed by atoms with van der Waals surface area (Å²) < 4.78 is 5.78. The Labute approximate surface area is 191 Å². The second-order valence-corrected chi connectivity index (χ2v) is 8.60. The lowest BCUT2D eigenvalue weighted by atomic mass is 9.96. The van der Waals surface area contributed by atoms with E-state index in [1.165, 1.54) is 17.4 Å². The molecule has 3 aromatic rings. The first-order valence-electron chi connectivity index (χ1n) is 10.4. The molecule has 1 aromatic heterocycles. The lowest BCUT2D eigenvalue weighted by Crippen LogP contribution is -2.13. The van der Waals surface area contributed by atoms with Gasteiger partial charge in [-0.05, 0) is 60.6 Å². The summed E-state index contributed by atoms with van der Waals surface area (Å²) in [6.07, 6.45) is 5.49. The molecule has 1 aliphatic rings. The Bertz CT molecular complexity index is 1230. The van der Waals surface area contributed by atoms with Gasteiger partial charge in [-0.3, -0.25) is 4.79 Å². The molecule has 0 saturated heterocycles. The van der Waals surface area contributed by atoms with Crippen LogP contribution in [0, 0.1) is 22.7 Å². The van der Waals surface area contributed by atoms with Gasteiger partial charge in [0.15, 0.2) is 0 Å². The largest absolute Gasteiger partial charge is 0.489 e. The van der Waals surface area contributed by atoms with Crippen molar-refractivity contribution >= 4 is 28.3 Å². The number of nitriles is 2. The van der Waals surface area contributed by atoms with Gasteiger partial charge in [0.2, 0.25) is 0 Å². The first-order chi connectivity index (χ1) is 15.7. The minimum Gasteiger partial charge on any atom is -0.489 e. The molecule has 6 heteroatoms. The maximum atomic E-state index is 12.7. The molecule has 1 N–H and O–H groups in total. The molecule has 1 amide bonds. The monoisotopic (exact) mass is 439 g/mol. The first-order valence-corrected chi connectivity index (χ1v) is 11.2. The number of hydrogen-bond acceptors (Lipinski definition) is 5. The molecule has 1 aliphatic carbocycles. The highest BCUT2D eigenvalue weighted by Gasteiger charge is 2.22. The lowest BCUT2D eigenvalue weighted by molar-refractivity contribution is -0.112. The van der Waals surface area contributed by atoms with E-state index in [0.717, 1.165) is 47.3 Å². The molecule has 0 unspecified atom stereocenters. The third-order valence-electron chi connectivity index (χ3n) is 5.31. The number of fused-ring (bicyclic) bond motifs is 1. The summed E-state index contributed by atoms with van der Waals surface area (Å²) in [4.78, 5) is 13.9. The van der Waals surface area contributed by atoms with Crippen LogP contribution in [0.5, 0.6) is 5.75 Å². The Balaban J connectivity index is 1.45. The molecule has 0 bridgehead atoms. The van der Waals surface area contributed by atoms with Gasteiger partial charge in [-0.25, -0.2) is 0 Å². The molecule has 0 spiro atoms. The lowest BCUT2D eigenvalue weighted by Gasteiger charge is -2.09. The van der Waals surface area contributed by atoms with E-state index in [9.17, 15) is 15.3 Å². The number of benzene rings is 2. The van der Waals surface area contributed by atoms with Crippen molar-refractivity contribution in [3.8, 4) is 17.9 Å². The highest BCUT2D eigenvalue weighted by molar-refractivity contribution is 7.16. The molecule has 0 atom stereocenters. The molecule has 0 radical (unpaired) electrons. The van der Waals surface area contributed by atoms with Crippen molar-refractivity contribution in [2.45, 2.75) is 32.3 Å². The van der Waals surface area contributed by atoms with E-state index in [1.54, 1.807) is 12.1 Å². The van der Waals surface area contributed by atoms with Crippen LogP contribution in [-0.2, 0) is 24.2 Å². The normalized spacial score (nSPS) is 12.9. The number of ether oxygens (including phenoxy) is 1. The molecule has 1 heterocycles. The highest BCUT2D eigenvalue weighted by atomic mass is 32.1. The SMILES string of the molecule is N#C/C(=C\c1ccc(OCc2ccccc2)cc1)C(=O)Nc1sc2c(c1C#N)CCCC2. The van der Waals surface area contributed by atoms with Crippen molar-refractivity contribution < 1.29 is 9.53 Å². The Morgan fingerprint density at radius 1 is 1.06 bits per heavy atom. The molecule has 2 aromatic carbocycles. The molecule has 0 aliphatic heterocycles. The fourth-order valence-electron chi connectivity index (χ4n) is 3.66. The summed E-state index contributed by atoms with van der Waals surface area (Å²) in [6.45, 7) is 0.466. The Hall–Kier alpha value is -3.87. The Morgan fingerprint density at radius 2 is 1.81 bits per heavy atom. The molecule has 0 fully saturated rings. The van der Waals surface area contributed by atoms with Crippen LogP contribution in [0.2, 0.25) is 0 Å². The predicted molar refractivity (Wildman–Crippen MR) is 125 cm³/mol. The van der Waals surface area contributed by atoms with Crippen LogP contribution in [0.1, 0.15) is 40.0 Å². The van der Waals surface area contributed by atoms with Crippen molar-refractivity contribution in [3.63, 3.8) is 0 Å². The summed E-state index contributed by atoms with van der Waals surface area (Å²) in [5, 5.41) is 22.4. The average Bonchev–Trinajstić information content (AvgIpc) is 3.19. The fraction of sp³-hybridized carbons (Fsp3) is 0.192. The number of thiophene rings is 1.